The van der Waals surface area contributed by atoms with Gasteiger partial charge in [0.05, 0.1) is 12.7 Å². The van der Waals surface area contributed by atoms with Gasteiger partial charge in [-0.15, -0.1) is 0 Å². The smallest absolute Gasteiger partial charge is 0.416 e. The number of amides is 1. The molecule has 0 bridgehead atoms. The fraction of sp³-hybridized carbons (Fsp3) is 0.345. The van der Waals surface area contributed by atoms with Crippen LogP contribution >= 0.6 is 0 Å². The van der Waals surface area contributed by atoms with Crippen molar-refractivity contribution in [1.29, 1.82) is 0 Å². The van der Waals surface area contributed by atoms with Gasteiger partial charge in [-0.25, -0.2) is 4.39 Å². The Bertz CT molecular complexity index is 1200. The zero-order valence-electron chi connectivity index (χ0n) is 20.8. The van der Waals surface area contributed by atoms with Crippen LogP contribution in [0.15, 0.2) is 72.8 Å². The van der Waals surface area contributed by atoms with Crippen molar-refractivity contribution in [3.63, 3.8) is 0 Å². The van der Waals surface area contributed by atoms with Gasteiger partial charge in [0.2, 0.25) is 5.91 Å². The number of methoxy groups -OCH3 is 1. The lowest BCUT2D eigenvalue weighted by Gasteiger charge is -2.28. The molecule has 1 fully saturated rings. The number of likely N-dealkylation sites (tertiary alicyclic amines) is 1. The van der Waals surface area contributed by atoms with Gasteiger partial charge in [-0.1, -0.05) is 42.5 Å². The highest BCUT2D eigenvalue weighted by molar-refractivity contribution is 5.73. The molecule has 0 radical (unpaired) electrons. The van der Waals surface area contributed by atoms with Crippen molar-refractivity contribution < 1.29 is 27.1 Å². The van der Waals surface area contributed by atoms with Crippen LogP contribution in [-0.4, -0.2) is 42.5 Å². The first-order chi connectivity index (χ1) is 17.6. The number of carbonyl (C=O) groups excluding carboxylic acids is 1. The van der Waals surface area contributed by atoms with E-state index in [1.54, 1.807) is 30.2 Å². The van der Waals surface area contributed by atoms with Gasteiger partial charge in [-0.2, -0.15) is 13.2 Å². The number of alkyl halides is 3. The lowest BCUT2D eigenvalue weighted by Crippen LogP contribution is -2.35. The Labute approximate surface area is 214 Å². The molecule has 8 heteroatoms. The summed E-state index contributed by atoms with van der Waals surface area (Å²) in [5.41, 5.74) is 1.47. The Hall–Kier alpha value is -3.39. The largest absolute Gasteiger partial charge is 0.497 e. The van der Waals surface area contributed by atoms with Gasteiger partial charge >= 0.3 is 6.18 Å². The van der Waals surface area contributed by atoms with Gasteiger partial charge in [-0.05, 0) is 52.9 Å². The number of nitrogens with zero attached hydrogens (tertiary/aromatic N) is 2. The summed E-state index contributed by atoms with van der Waals surface area (Å²) in [6.07, 6.45) is -4.42. The summed E-state index contributed by atoms with van der Waals surface area (Å²) >= 11 is 0. The molecule has 0 unspecified atom stereocenters. The highest BCUT2D eigenvalue weighted by atomic mass is 19.4. The number of ether oxygens (including phenoxy) is 1. The number of benzene rings is 3. The molecule has 1 aliphatic rings. The molecule has 3 aromatic rings. The minimum absolute atomic E-state index is 0.00390. The summed E-state index contributed by atoms with van der Waals surface area (Å²) in [6, 6.07) is 19.4. The minimum Gasteiger partial charge on any atom is -0.497 e. The van der Waals surface area contributed by atoms with E-state index in [4.69, 9.17) is 4.74 Å². The second kappa shape index (κ2) is 11.3. The third-order valence-corrected chi connectivity index (χ3v) is 6.96. The monoisotopic (exact) mass is 514 g/mol. The Kier molecular flexibility index (Phi) is 8.17. The van der Waals surface area contributed by atoms with Gasteiger partial charge in [-0.3, -0.25) is 9.69 Å². The summed E-state index contributed by atoms with van der Waals surface area (Å²) in [7, 11) is 1.59. The molecule has 2 atom stereocenters. The van der Waals surface area contributed by atoms with Crippen LogP contribution in [0, 0.1) is 11.7 Å². The van der Waals surface area contributed by atoms with Crippen LogP contribution in [0.2, 0.25) is 0 Å². The van der Waals surface area contributed by atoms with Crippen LogP contribution in [0.3, 0.4) is 0 Å². The summed E-state index contributed by atoms with van der Waals surface area (Å²) in [5.74, 6) is 0.271. The third kappa shape index (κ3) is 6.68. The van der Waals surface area contributed by atoms with Crippen molar-refractivity contribution in [3.8, 4) is 5.75 Å². The van der Waals surface area contributed by atoms with Gasteiger partial charge < -0.3 is 9.64 Å². The number of hydrogen-bond acceptors (Lipinski definition) is 3. The van der Waals surface area contributed by atoms with E-state index in [2.05, 4.69) is 0 Å². The minimum atomic E-state index is -4.42. The maximum Gasteiger partial charge on any atom is 0.416 e. The summed E-state index contributed by atoms with van der Waals surface area (Å²) < 4.78 is 59.5. The fourth-order valence-electron chi connectivity index (χ4n) is 5.08. The van der Waals surface area contributed by atoms with Gasteiger partial charge in [0.1, 0.15) is 11.6 Å². The SMILES string of the molecule is COc1ccc([C@H]2CN(Cc3ccccc3C(F)(F)F)C[C@@H]2CN(Cc2ccc(F)cc2)C(C)=O)cc1. The maximum absolute atomic E-state index is 13.6. The highest BCUT2D eigenvalue weighted by Crippen LogP contribution is 2.37. The molecule has 0 spiro atoms. The van der Waals surface area contributed by atoms with Gasteiger partial charge in [0, 0.05) is 45.6 Å². The lowest BCUT2D eigenvalue weighted by atomic mass is 9.88. The van der Waals surface area contributed by atoms with Gasteiger partial charge in [0.15, 0.2) is 0 Å². The normalized spacial score (nSPS) is 18.1. The quantitative estimate of drug-likeness (QED) is 0.340. The molecule has 1 amide bonds. The van der Waals surface area contributed by atoms with Crippen molar-refractivity contribution in [1.82, 2.24) is 9.80 Å². The van der Waals surface area contributed by atoms with E-state index in [1.807, 2.05) is 29.2 Å². The molecule has 196 valence electrons. The standard InChI is InChI=1S/C29H30F4N2O2/c1-20(36)35(15-21-7-11-25(30)12-8-21)18-24-17-34(16-23-5-3-4-6-28(23)29(31,32)33)19-27(24)22-9-13-26(37-2)14-10-22/h3-14,24,27H,15-19H2,1-2H3/t24-,27-/m1/s1. The number of hydrogen-bond donors (Lipinski definition) is 0. The fourth-order valence-corrected chi connectivity index (χ4v) is 5.08. The summed E-state index contributed by atoms with van der Waals surface area (Å²) in [6.45, 7) is 3.52. The highest BCUT2D eigenvalue weighted by Gasteiger charge is 2.38. The molecular weight excluding hydrogens is 484 g/mol. The first-order valence-corrected chi connectivity index (χ1v) is 12.2. The van der Waals surface area contributed by atoms with E-state index >= 15 is 0 Å². The topological polar surface area (TPSA) is 32.8 Å². The predicted octanol–water partition coefficient (Wildman–Crippen LogP) is 6.12. The Morgan fingerprint density at radius 1 is 1.00 bits per heavy atom. The average molecular weight is 515 g/mol. The number of rotatable bonds is 8. The predicted molar refractivity (Wildman–Crippen MR) is 133 cm³/mol. The average Bonchev–Trinajstić information content (AvgIpc) is 3.26. The molecule has 4 rings (SSSR count). The van der Waals surface area contributed by atoms with Crippen molar-refractivity contribution in [2.75, 3.05) is 26.7 Å². The Morgan fingerprint density at radius 3 is 2.30 bits per heavy atom. The van der Waals surface area contributed by atoms with Gasteiger partial charge in [0.25, 0.3) is 0 Å². The van der Waals surface area contributed by atoms with E-state index < -0.39 is 11.7 Å². The molecule has 0 saturated carbocycles. The van der Waals surface area contributed by atoms with Crippen LogP contribution in [-0.2, 0) is 24.1 Å². The first kappa shape index (κ1) is 26.7. The molecule has 1 aliphatic heterocycles. The Balaban J connectivity index is 1.58. The van der Waals surface area contributed by atoms with Crippen molar-refractivity contribution in [2.24, 2.45) is 5.92 Å². The van der Waals surface area contributed by atoms with Crippen LogP contribution in [0.1, 0.15) is 35.1 Å². The Morgan fingerprint density at radius 2 is 1.68 bits per heavy atom. The third-order valence-electron chi connectivity index (χ3n) is 6.96. The molecular formula is C29H30F4N2O2. The zero-order chi connectivity index (χ0) is 26.6. The van der Waals surface area contributed by atoms with Crippen LogP contribution < -0.4 is 4.74 Å². The van der Waals surface area contributed by atoms with Crippen molar-refractivity contribution in [3.05, 3.63) is 101 Å². The molecule has 4 nitrogen and oxygen atoms in total. The molecule has 0 aliphatic carbocycles. The van der Waals surface area contributed by atoms with E-state index in [0.717, 1.165) is 22.9 Å². The molecule has 1 heterocycles. The second-order valence-corrected chi connectivity index (χ2v) is 9.51. The van der Waals surface area contributed by atoms with E-state index in [-0.39, 0.29) is 35.7 Å². The van der Waals surface area contributed by atoms with Crippen LogP contribution in [0.4, 0.5) is 17.6 Å². The molecule has 1 saturated heterocycles. The maximum atomic E-state index is 13.6. The van der Waals surface area contributed by atoms with Crippen molar-refractivity contribution in [2.45, 2.75) is 32.1 Å². The van der Waals surface area contributed by atoms with Crippen molar-refractivity contribution >= 4 is 5.91 Å². The molecule has 3 aromatic carbocycles. The van der Waals surface area contributed by atoms with E-state index in [1.165, 1.54) is 31.2 Å². The molecule has 37 heavy (non-hydrogen) atoms. The number of halogens is 4. The van der Waals surface area contributed by atoms with E-state index in [0.29, 0.717) is 26.2 Å². The first-order valence-electron chi connectivity index (χ1n) is 12.2. The van der Waals surface area contributed by atoms with Crippen LogP contribution in [0.5, 0.6) is 5.75 Å². The summed E-state index contributed by atoms with van der Waals surface area (Å²) in [5, 5.41) is 0. The summed E-state index contributed by atoms with van der Waals surface area (Å²) in [4.78, 5) is 16.3. The zero-order valence-corrected chi connectivity index (χ0v) is 20.8. The van der Waals surface area contributed by atoms with Crippen LogP contribution in [0.25, 0.3) is 0 Å². The molecule has 0 aromatic heterocycles. The lowest BCUT2D eigenvalue weighted by molar-refractivity contribution is -0.138. The second-order valence-electron chi connectivity index (χ2n) is 9.51. The number of carbonyl (C=O) groups is 1. The molecule has 0 N–H and O–H groups in total. The van der Waals surface area contributed by atoms with E-state index in [9.17, 15) is 22.4 Å².